The number of piperidine rings is 1. The number of carbonyl (C=O) groups is 1. The van der Waals surface area contributed by atoms with E-state index in [0.717, 1.165) is 23.0 Å². The van der Waals surface area contributed by atoms with Crippen LogP contribution in [-0.2, 0) is 6.54 Å². The summed E-state index contributed by atoms with van der Waals surface area (Å²) in [7, 11) is 3.19. The fourth-order valence-corrected chi connectivity index (χ4v) is 4.81. The summed E-state index contributed by atoms with van der Waals surface area (Å²) < 4.78 is 12.6. The Morgan fingerprint density at radius 1 is 1.07 bits per heavy atom. The Balaban J connectivity index is 1.45. The lowest BCUT2D eigenvalue weighted by molar-refractivity contribution is 0.0589. The van der Waals surface area contributed by atoms with E-state index >= 15 is 0 Å². The molecule has 7 nitrogen and oxygen atoms in total. The van der Waals surface area contributed by atoms with E-state index in [1.165, 1.54) is 0 Å². The van der Waals surface area contributed by atoms with Crippen molar-refractivity contribution >= 4 is 16.8 Å². The minimum atomic E-state index is -0.0134. The van der Waals surface area contributed by atoms with Gasteiger partial charge in [-0.15, -0.1) is 0 Å². The summed E-state index contributed by atoms with van der Waals surface area (Å²) >= 11 is 0. The van der Waals surface area contributed by atoms with Crippen molar-refractivity contribution in [2.24, 2.45) is 5.92 Å². The second kappa shape index (κ2) is 6.69. The molecule has 150 valence electrons. The second-order valence-electron chi connectivity index (χ2n) is 7.89. The number of pyridine rings is 1. The molecule has 1 fully saturated rings. The third kappa shape index (κ3) is 2.88. The van der Waals surface area contributed by atoms with Crippen LogP contribution in [0.1, 0.15) is 28.5 Å². The predicted molar refractivity (Wildman–Crippen MR) is 109 cm³/mol. The summed E-state index contributed by atoms with van der Waals surface area (Å²) in [5.74, 6) is 1.74. The molecule has 2 atom stereocenters. The van der Waals surface area contributed by atoms with Crippen molar-refractivity contribution in [2.75, 3.05) is 27.3 Å². The number of hydrogen-bond donors (Lipinski definition) is 1. The molecule has 2 aliphatic heterocycles. The number of H-pyrrole nitrogens is 1. The molecule has 0 unspecified atom stereocenters. The first-order valence-electron chi connectivity index (χ1n) is 9.81. The molecular formula is C22H23N3O4. The highest BCUT2D eigenvalue weighted by Crippen LogP contribution is 2.36. The summed E-state index contributed by atoms with van der Waals surface area (Å²) in [5, 5.41) is 0.903. The number of hydrogen-bond acceptors (Lipinski definition) is 4. The van der Waals surface area contributed by atoms with E-state index in [2.05, 4.69) is 4.98 Å². The molecule has 2 aliphatic rings. The fourth-order valence-electron chi connectivity index (χ4n) is 4.81. The van der Waals surface area contributed by atoms with Crippen LogP contribution in [0.5, 0.6) is 11.5 Å². The molecule has 1 amide bonds. The highest BCUT2D eigenvalue weighted by molar-refractivity contribution is 5.98. The number of fused-ring (bicyclic) bond motifs is 5. The number of nitrogens with one attached hydrogen (secondary N) is 1. The van der Waals surface area contributed by atoms with Gasteiger partial charge in [0.15, 0.2) is 11.5 Å². The molecule has 0 spiro atoms. The van der Waals surface area contributed by atoms with Crippen LogP contribution in [0.3, 0.4) is 0 Å². The van der Waals surface area contributed by atoms with Crippen molar-refractivity contribution < 1.29 is 14.3 Å². The van der Waals surface area contributed by atoms with E-state index in [-0.39, 0.29) is 17.4 Å². The fraction of sp³-hybridized carbons (Fsp3) is 0.364. The maximum atomic E-state index is 13.3. The van der Waals surface area contributed by atoms with Crippen molar-refractivity contribution in [3.05, 3.63) is 58.1 Å². The molecule has 2 aromatic heterocycles. The first-order valence-corrected chi connectivity index (χ1v) is 9.81. The topological polar surface area (TPSA) is 76.6 Å². The third-order valence-electron chi connectivity index (χ3n) is 6.12. The summed E-state index contributed by atoms with van der Waals surface area (Å²) in [6.45, 7) is 1.97. The van der Waals surface area contributed by atoms with Crippen molar-refractivity contribution in [1.82, 2.24) is 14.5 Å². The second-order valence-corrected chi connectivity index (χ2v) is 7.89. The summed E-state index contributed by atoms with van der Waals surface area (Å²) in [6.07, 6.45) is 1.02. The van der Waals surface area contributed by atoms with Gasteiger partial charge in [0.2, 0.25) is 0 Å². The maximum absolute atomic E-state index is 13.3. The molecule has 0 aliphatic carbocycles. The molecule has 29 heavy (non-hydrogen) atoms. The van der Waals surface area contributed by atoms with Crippen molar-refractivity contribution in [3.63, 3.8) is 0 Å². The molecule has 0 radical (unpaired) electrons. The smallest absolute Gasteiger partial charge is 0.270 e. The number of aromatic amines is 1. The van der Waals surface area contributed by atoms with Gasteiger partial charge in [-0.25, -0.2) is 0 Å². The van der Waals surface area contributed by atoms with Crippen LogP contribution in [0.4, 0.5) is 0 Å². The molecule has 5 rings (SSSR count). The molecule has 1 aromatic carbocycles. The van der Waals surface area contributed by atoms with Gasteiger partial charge in [0.25, 0.3) is 11.5 Å². The third-order valence-corrected chi connectivity index (χ3v) is 6.12. The number of benzene rings is 1. The zero-order valence-corrected chi connectivity index (χ0v) is 16.5. The van der Waals surface area contributed by atoms with Gasteiger partial charge in [-0.1, -0.05) is 6.07 Å². The summed E-state index contributed by atoms with van der Waals surface area (Å²) in [5.41, 5.74) is 2.48. The number of rotatable bonds is 3. The van der Waals surface area contributed by atoms with Crippen LogP contribution in [-0.4, -0.2) is 47.7 Å². The number of ether oxygens (including phenoxy) is 2. The molecule has 4 heterocycles. The lowest BCUT2D eigenvalue weighted by atomic mass is 9.83. The molecule has 1 saturated heterocycles. The largest absolute Gasteiger partial charge is 0.493 e. The SMILES string of the molecule is COc1cc2cc(C(=O)N3C[C@@H]4C[C@@H](C3)c3cccc(=O)n3C4)[nH]c2cc1OC. The summed E-state index contributed by atoms with van der Waals surface area (Å²) in [6, 6.07) is 11.0. The monoisotopic (exact) mass is 393 g/mol. The van der Waals surface area contributed by atoms with Gasteiger partial charge < -0.3 is 23.9 Å². The zero-order valence-electron chi connectivity index (χ0n) is 16.5. The number of nitrogens with zero attached hydrogens (tertiary/aromatic N) is 2. The number of aromatic nitrogens is 2. The normalized spacial score (nSPS) is 20.4. The van der Waals surface area contributed by atoms with Gasteiger partial charge >= 0.3 is 0 Å². The van der Waals surface area contributed by atoms with Gasteiger partial charge in [-0.05, 0) is 30.5 Å². The zero-order chi connectivity index (χ0) is 20.1. The molecule has 7 heteroatoms. The molecule has 0 saturated carbocycles. The van der Waals surface area contributed by atoms with E-state index in [0.29, 0.717) is 42.7 Å². The van der Waals surface area contributed by atoms with Gasteiger partial charge in [0.1, 0.15) is 5.69 Å². The Hall–Kier alpha value is -3.22. The number of likely N-dealkylation sites (tertiary alicyclic amines) is 1. The molecule has 3 aromatic rings. The van der Waals surface area contributed by atoms with Crippen LogP contribution < -0.4 is 15.0 Å². The van der Waals surface area contributed by atoms with Crippen LogP contribution in [0, 0.1) is 5.92 Å². The molecular weight excluding hydrogens is 370 g/mol. The highest BCUT2D eigenvalue weighted by Gasteiger charge is 2.36. The first kappa shape index (κ1) is 17.8. The summed E-state index contributed by atoms with van der Waals surface area (Å²) in [4.78, 5) is 30.6. The van der Waals surface area contributed by atoms with Gasteiger partial charge in [-0.3, -0.25) is 9.59 Å². The number of methoxy groups -OCH3 is 2. The van der Waals surface area contributed by atoms with E-state index in [1.54, 1.807) is 20.3 Å². The Morgan fingerprint density at radius 3 is 2.66 bits per heavy atom. The van der Waals surface area contributed by atoms with Gasteiger partial charge in [0.05, 0.1) is 14.2 Å². The van der Waals surface area contributed by atoms with Gasteiger partial charge in [-0.2, -0.15) is 0 Å². The van der Waals surface area contributed by atoms with E-state index in [4.69, 9.17) is 9.47 Å². The maximum Gasteiger partial charge on any atom is 0.270 e. The standard InChI is InChI=1S/C22H23N3O4/c1-28-19-8-14-7-17(23-16(14)9-20(19)29-2)22(27)24-10-13-6-15(12-24)18-4-3-5-21(26)25(18)11-13/h3-5,7-9,13,15,23H,6,10-12H2,1-2H3/t13-,15-/m0/s1. The Labute approximate surface area is 167 Å². The van der Waals surface area contributed by atoms with Crippen LogP contribution >= 0.6 is 0 Å². The lowest BCUT2D eigenvalue weighted by Crippen LogP contribution is -2.49. The van der Waals surface area contributed by atoms with Crippen molar-refractivity contribution in [2.45, 2.75) is 18.9 Å². The lowest BCUT2D eigenvalue weighted by Gasteiger charge is -2.42. The van der Waals surface area contributed by atoms with Gasteiger partial charge in [0, 0.05) is 54.3 Å². The minimum absolute atomic E-state index is 0.0134. The quantitative estimate of drug-likeness (QED) is 0.742. The number of amides is 1. The minimum Gasteiger partial charge on any atom is -0.493 e. The van der Waals surface area contributed by atoms with Crippen LogP contribution in [0.2, 0.25) is 0 Å². The first-order chi connectivity index (χ1) is 14.1. The van der Waals surface area contributed by atoms with Crippen molar-refractivity contribution in [3.8, 4) is 11.5 Å². The van der Waals surface area contributed by atoms with E-state index in [9.17, 15) is 9.59 Å². The Kier molecular flexibility index (Phi) is 4.12. The highest BCUT2D eigenvalue weighted by atomic mass is 16.5. The van der Waals surface area contributed by atoms with Crippen LogP contribution in [0.15, 0.2) is 41.2 Å². The van der Waals surface area contributed by atoms with E-state index in [1.807, 2.05) is 39.8 Å². The average molecular weight is 393 g/mol. The average Bonchev–Trinajstić information content (AvgIpc) is 3.15. The van der Waals surface area contributed by atoms with E-state index < -0.39 is 0 Å². The van der Waals surface area contributed by atoms with Crippen molar-refractivity contribution in [1.29, 1.82) is 0 Å². The van der Waals surface area contributed by atoms with Crippen LogP contribution in [0.25, 0.3) is 10.9 Å². The molecule has 1 N–H and O–H groups in total. The Morgan fingerprint density at radius 2 is 1.86 bits per heavy atom. The molecule has 2 bridgehead atoms. The Bertz CT molecular complexity index is 1120. The number of carbonyl (C=O) groups excluding carboxylic acids is 1. The predicted octanol–water partition coefficient (Wildman–Crippen LogP) is 2.61.